The molecule has 96 valence electrons. The Morgan fingerprint density at radius 3 is 2.33 bits per heavy atom. The van der Waals surface area contributed by atoms with Gasteiger partial charge in [-0.1, -0.05) is 6.07 Å². The normalized spacial score (nSPS) is 17.8. The maximum absolute atomic E-state index is 13.7. The molecule has 1 aliphatic carbocycles. The first kappa shape index (κ1) is 12.8. The minimum atomic E-state index is -4.58. The van der Waals surface area contributed by atoms with Crippen LogP contribution in [0.3, 0.4) is 0 Å². The van der Waals surface area contributed by atoms with E-state index in [2.05, 4.69) is 4.99 Å². The molecule has 0 bridgehead atoms. The molecule has 0 aromatic heterocycles. The summed E-state index contributed by atoms with van der Waals surface area (Å²) in [5.74, 6) is -0.983. The van der Waals surface area contributed by atoms with Crippen molar-refractivity contribution in [3.8, 4) is 0 Å². The van der Waals surface area contributed by atoms with Crippen LogP contribution in [0.15, 0.2) is 23.2 Å². The van der Waals surface area contributed by atoms with E-state index in [1.807, 2.05) is 0 Å². The van der Waals surface area contributed by atoms with Crippen molar-refractivity contribution in [2.75, 3.05) is 0 Å². The summed E-state index contributed by atoms with van der Waals surface area (Å²) in [7, 11) is 0. The summed E-state index contributed by atoms with van der Waals surface area (Å²) in [4.78, 5) is 13.9. The predicted molar refractivity (Wildman–Crippen MR) is 55.1 cm³/mol. The fraction of sp³-hybridized carbons (Fsp3) is 0.417. The summed E-state index contributed by atoms with van der Waals surface area (Å²) in [5, 5.41) is 0. The van der Waals surface area contributed by atoms with Crippen LogP contribution in [0.2, 0.25) is 0 Å². The maximum Gasteiger partial charge on any atom is 0.416 e. The molecule has 1 fully saturated rings. The van der Waals surface area contributed by atoms with E-state index >= 15 is 0 Å². The van der Waals surface area contributed by atoms with Gasteiger partial charge in [-0.15, -0.1) is 0 Å². The summed E-state index contributed by atoms with van der Waals surface area (Å²) in [6.07, 6.45) is -1.56. The monoisotopic (exact) mass is 259 g/mol. The Morgan fingerprint density at radius 1 is 1.28 bits per heavy atom. The van der Waals surface area contributed by atoms with Gasteiger partial charge in [0.15, 0.2) is 0 Å². The van der Waals surface area contributed by atoms with E-state index in [1.54, 1.807) is 0 Å². The van der Waals surface area contributed by atoms with E-state index < -0.39 is 23.1 Å². The molecule has 0 atom stereocenters. The van der Waals surface area contributed by atoms with Gasteiger partial charge in [0, 0.05) is 5.56 Å². The van der Waals surface area contributed by atoms with Crippen molar-refractivity contribution in [3.05, 3.63) is 35.1 Å². The van der Waals surface area contributed by atoms with Gasteiger partial charge in [-0.3, -0.25) is 0 Å². The second-order valence-corrected chi connectivity index (χ2v) is 4.28. The van der Waals surface area contributed by atoms with Crippen LogP contribution < -0.4 is 0 Å². The molecular formula is C12H9F4NO. The predicted octanol–water partition coefficient (Wildman–Crippen LogP) is 3.56. The Morgan fingerprint density at radius 2 is 1.94 bits per heavy atom. The maximum atomic E-state index is 13.7. The third-order valence-corrected chi connectivity index (χ3v) is 3.24. The van der Waals surface area contributed by atoms with E-state index in [1.165, 1.54) is 6.08 Å². The number of alkyl halides is 3. The molecule has 1 aromatic rings. The summed E-state index contributed by atoms with van der Waals surface area (Å²) in [5.41, 5.74) is -2.03. The number of isocyanates is 1. The van der Waals surface area contributed by atoms with Gasteiger partial charge in [0.05, 0.1) is 5.56 Å². The fourth-order valence-electron chi connectivity index (χ4n) is 2.11. The first-order valence-electron chi connectivity index (χ1n) is 5.35. The molecule has 1 aliphatic rings. The van der Waals surface area contributed by atoms with Crippen molar-refractivity contribution in [2.45, 2.75) is 31.0 Å². The summed E-state index contributed by atoms with van der Waals surface area (Å²) >= 11 is 0. The highest BCUT2D eigenvalue weighted by atomic mass is 19.4. The number of benzene rings is 1. The Kier molecular flexibility index (Phi) is 2.99. The lowest BCUT2D eigenvalue weighted by Gasteiger charge is -2.37. The number of halogens is 4. The lowest BCUT2D eigenvalue weighted by Crippen LogP contribution is -2.33. The van der Waals surface area contributed by atoms with Crippen molar-refractivity contribution in [3.63, 3.8) is 0 Å². The number of hydrogen-bond acceptors (Lipinski definition) is 2. The molecule has 0 spiro atoms. The van der Waals surface area contributed by atoms with E-state index in [4.69, 9.17) is 0 Å². The highest BCUT2D eigenvalue weighted by Crippen LogP contribution is 2.46. The third-order valence-electron chi connectivity index (χ3n) is 3.24. The first-order chi connectivity index (χ1) is 8.39. The van der Waals surface area contributed by atoms with Gasteiger partial charge in [-0.25, -0.2) is 9.18 Å². The zero-order valence-corrected chi connectivity index (χ0v) is 9.22. The van der Waals surface area contributed by atoms with Crippen molar-refractivity contribution >= 4 is 6.08 Å². The number of rotatable bonds is 2. The molecule has 2 nitrogen and oxygen atoms in total. The molecule has 0 radical (unpaired) electrons. The molecule has 1 saturated carbocycles. The van der Waals surface area contributed by atoms with Crippen LogP contribution in [0.25, 0.3) is 0 Å². The smallest absolute Gasteiger partial charge is 0.211 e. The summed E-state index contributed by atoms with van der Waals surface area (Å²) in [6.45, 7) is 0. The molecule has 6 heteroatoms. The molecule has 0 N–H and O–H groups in total. The average molecular weight is 259 g/mol. The van der Waals surface area contributed by atoms with E-state index in [-0.39, 0.29) is 5.56 Å². The van der Waals surface area contributed by atoms with Crippen molar-refractivity contribution in [1.29, 1.82) is 0 Å². The number of aliphatic imine (C=N–C) groups is 1. The molecule has 0 heterocycles. The molecule has 2 rings (SSSR count). The Balaban J connectivity index is 2.45. The highest BCUT2D eigenvalue weighted by Gasteiger charge is 2.42. The summed E-state index contributed by atoms with van der Waals surface area (Å²) < 4.78 is 50.9. The van der Waals surface area contributed by atoms with E-state index in [0.29, 0.717) is 18.9 Å². The largest absolute Gasteiger partial charge is 0.416 e. The van der Waals surface area contributed by atoms with Crippen molar-refractivity contribution in [1.82, 2.24) is 0 Å². The number of carbonyl (C=O) groups excluding carboxylic acids is 1. The molecule has 0 aliphatic heterocycles. The molecule has 0 amide bonds. The molecule has 0 unspecified atom stereocenters. The minimum Gasteiger partial charge on any atom is -0.211 e. The zero-order chi connectivity index (χ0) is 13.4. The Labute approximate surface area is 100 Å². The van der Waals surface area contributed by atoms with Crippen LogP contribution in [0.1, 0.15) is 30.4 Å². The van der Waals surface area contributed by atoms with Gasteiger partial charge < -0.3 is 0 Å². The van der Waals surface area contributed by atoms with Crippen LogP contribution in [-0.4, -0.2) is 6.08 Å². The van der Waals surface area contributed by atoms with Crippen molar-refractivity contribution in [2.24, 2.45) is 4.99 Å². The van der Waals surface area contributed by atoms with Gasteiger partial charge in [0.2, 0.25) is 6.08 Å². The average Bonchev–Trinajstić information content (AvgIpc) is 2.22. The van der Waals surface area contributed by atoms with E-state index in [9.17, 15) is 22.4 Å². The quantitative estimate of drug-likeness (QED) is 0.453. The summed E-state index contributed by atoms with van der Waals surface area (Å²) in [6, 6.07) is 2.30. The highest BCUT2D eigenvalue weighted by molar-refractivity contribution is 5.41. The van der Waals surface area contributed by atoms with Crippen LogP contribution >= 0.6 is 0 Å². The number of nitrogens with zero attached hydrogens (tertiary/aromatic N) is 1. The second kappa shape index (κ2) is 4.21. The van der Waals surface area contributed by atoms with Gasteiger partial charge in [0.1, 0.15) is 11.4 Å². The van der Waals surface area contributed by atoms with Crippen molar-refractivity contribution < 1.29 is 22.4 Å². The Bertz CT molecular complexity index is 513. The number of hydrogen-bond donors (Lipinski definition) is 0. The van der Waals surface area contributed by atoms with E-state index in [0.717, 1.165) is 18.6 Å². The lowest BCUT2D eigenvalue weighted by molar-refractivity contribution is -0.137. The van der Waals surface area contributed by atoms with Gasteiger partial charge >= 0.3 is 6.18 Å². The standard InChI is InChI=1S/C12H9F4NO/c13-10-6-8(12(14,15)16)2-3-9(10)11(17-7-18)4-1-5-11/h2-3,6H,1,4-5H2. The molecular weight excluding hydrogens is 250 g/mol. The zero-order valence-electron chi connectivity index (χ0n) is 9.22. The Hall–Kier alpha value is -1.68. The topological polar surface area (TPSA) is 29.4 Å². The fourth-order valence-corrected chi connectivity index (χ4v) is 2.11. The minimum absolute atomic E-state index is 0.0325. The SMILES string of the molecule is O=C=NC1(c2ccc(C(F)(F)F)cc2F)CCC1. The molecule has 1 aromatic carbocycles. The van der Waals surface area contributed by atoms with Crippen LogP contribution in [-0.2, 0) is 16.5 Å². The second-order valence-electron chi connectivity index (χ2n) is 4.28. The van der Waals surface area contributed by atoms with Gasteiger partial charge in [-0.05, 0) is 31.4 Å². The van der Waals surface area contributed by atoms with Crippen LogP contribution in [0.4, 0.5) is 17.6 Å². The molecule has 18 heavy (non-hydrogen) atoms. The van der Waals surface area contributed by atoms with Gasteiger partial charge in [-0.2, -0.15) is 18.2 Å². The molecule has 0 saturated heterocycles. The van der Waals surface area contributed by atoms with Gasteiger partial charge in [0.25, 0.3) is 0 Å². The van der Waals surface area contributed by atoms with Crippen LogP contribution in [0.5, 0.6) is 0 Å². The van der Waals surface area contributed by atoms with Crippen LogP contribution in [0, 0.1) is 5.82 Å². The first-order valence-corrected chi connectivity index (χ1v) is 5.35. The lowest BCUT2D eigenvalue weighted by atomic mass is 9.72. The third kappa shape index (κ3) is 2.04.